The number of carboxylic acids is 1. The van der Waals surface area contributed by atoms with Gasteiger partial charge in [0.05, 0.1) is 5.56 Å². The Morgan fingerprint density at radius 3 is 1.27 bits per heavy atom. The zero-order chi connectivity index (χ0) is 34.6. The topological polar surface area (TPSA) is 37.3 Å². The molecule has 1 aromatic rings. The average Bonchev–Trinajstić information content (AvgIpc) is 3.09. The van der Waals surface area contributed by atoms with Gasteiger partial charge < -0.3 is 5.11 Å². The molecule has 1 N–H and O–H groups in total. The van der Waals surface area contributed by atoms with Crippen LogP contribution >= 0.6 is 0 Å². The van der Waals surface area contributed by atoms with Crippen molar-refractivity contribution in [2.75, 3.05) is 0 Å². The van der Waals surface area contributed by atoms with E-state index in [-0.39, 0.29) is 0 Å². The van der Waals surface area contributed by atoms with Crippen molar-refractivity contribution < 1.29 is 9.90 Å². The summed E-state index contributed by atoms with van der Waals surface area (Å²) >= 11 is 0. The van der Waals surface area contributed by atoms with E-state index in [1.807, 2.05) is 18.2 Å². The molecule has 0 aromatic heterocycles. The summed E-state index contributed by atoms with van der Waals surface area (Å²) in [7, 11) is 0. The van der Waals surface area contributed by atoms with Crippen LogP contribution in [0.3, 0.4) is 0 Å². The van der Waals surface area contributed by atoms with Crippen molar-refractivity contribution in [1.82, 2.24) is 0 Å². The van der Waals surface area contributed by atoms with Gasteiger partial charge in [0, 0.05) is 0 Å². The highest BCUT2D eigenvalue weighted by Crippen LogP contribution is 2.23. The van der Waals surface area contributed by atoms with Crippen molar-refractivity contribution in [3.05, 3.63) is 65.8 Å². The molecule has 0 aliphatic rings. The lowest BCUT2D eigenvalue weighted by molar-refractivity contribution is 0.0696. The summed E-state index contributed by atoms with van der Waals surface area (Å²) < 4.78 is 0. The van der Waals surface area contributed by atoms with Crippen molar-refractivity contribution in [2.24, 2.45) is 5.92 Å². The number of hydrogen-bond acceptors (Lipinski definition) is 1. The predicted octanol–water partition coefficient (Wildman–Crippen LogP) is 15.9. The van der Waals surface area contributed by atoms with Gasteiger partial charge in [0.2, 0.25) is 0 Å². The second-order valence-corrected chi connectivity index (χ2v) is 14.5. The van der Waals surface area contributed by atoms with Crippen LogP contribution in [0.5, 0.6) is 0 Å². The third-order valence-electron chi connectivity index (χ3n) is 9.91. The first-order chi connectivity index (χ1) is 23.7. The summed E-state index contributed by atoms with van der Waals surface area (Å²) in [5, 5.41) is 9.61. The van der Waals surface area contributed by atoms with Gasteiger partial charge in [-0.25, -0.2) is 4.79 Å². The molecule has 0 saturated carbocycles. The smallest absolute Gasteiger partial charge is 0.336 e. The van der Waals surface area contributed by atoms with Gasteiger partial charge in [-0.05, 0) is 81.8 Å². The van der Waals surface area contributed by atoms with Crippen LogP contribution in [0.4, 0.5) is 0 Å². The van der Waals surface area contributed by atoms with E-state index in [1.165, 1.54) is 193 Å². The third-order valence-corrected chi connectivity index (χ3v) is 9.91. The van der Waals surface area contributed by atoms with Crippen LogP contribution in [0.1, 0.15) is 222 Å². The van der Waals surface area contributed by atoms with Gasteiger partial charge >= 0.3 is 5.97 Å². The maximum absolute atomic E-state index is 11.7. The lowest BCUT2D eigenvalue weighted by Gasteiger charge is -2.13. The lowest BCUT2D eigenvalue weighted by Crippen LogP contribution is -2.00. The van der Waals surface area contributed by atoms with Gasteiger partial charge in [-0.2, -0.15) is 0 Å². The summed E-state index contributed by atoms with van der Waals surface area (Å²) in [5.41, 5.74) is 1.24. The number of benzene rings is 1. The molecule has 0 bridgehead atoms. The molecule has 2 nitrogen and oxygen atoms in total. The van der Waals surface area contributed by atoms with Crippen LogP contribution in [0.25, 0.3) is 6.08 Å². The normalized spacial score (nSPS) is 12.6. The van der Waals surface area contributed by atoms with Crippen LogP contribution in [-0.4, -0.2) is 11.1 Å². The Morgan fingerprint density at radius 1 is 0.521 bits per heavy atom. The third kappa shape index (κ3) is 27.8. The van der Waals surface area contributed by atoms with Crippen molar-refractivity contribution in [3.8, 4) is 0 Å². The molecule has 274 valence electrons. The molecular formula is C46H78O2. The van der Waals surface area contributed by atoms with E-state index < -0.39 is 5.97 Å². The Morgan fingerprint density at radius 2 is 0.875 bits per heavy atom. The molecule has 0 aliphatic carbocycles. The van der Waals surface area contributed by atoms with E-state index in [0.717, 1.165) is 5.56 Å². The quantitative estimate of drug-likeness (QED) is 0.0580. The molecule has 1 aromatic carbocycles. The minimum atomic E-state index is -0.839. The van der Waals surface area contributed by atoms with Crippen molar-refractivity contribution >= 4 is 12.0 Å². The SMILES string of the molecule is CCCCCCCCC=CCCCCCCCCC(C=Cc1ccccc1C(=O)O)CCCCCCCCC=CCCCCCCCC. The second kappa shape index (κ2) is 34.8. The highest BCUT2D eigenvalue weighted by molar-refractivity contribution is 5.92. The maximum atomic E-state index is 11.7. The number of allylic oxidation sites excluding steroid dienone is 5. The molecule has 0 unspecified atom stereocenters. The Labute approximate surface area is 299 Å². The lowest BCUT2D eigenvalue weighted by atomic mass is 9.92. The van der Waals surface area contributed by atoms with Gasteiger partial charge in [-0.1, -0.05) is 197 Å². The molecule has 0 fully saturated rings. The highest BCUT2D eigenvalue weighted by atomic mass is 16.4. The Balaban J connectivity index is 2.23. The number of rotatable bonds is 35. The van der Waals surface area contributed by atoms with Crippen molar-refractivity contribution in [1.29, 1.82) is 0 Å². The van der Waals surface area contributed by atoms with Crippen LogP contribution in [0.2, 0.25) is 0 Å². The number of aromatic carboxylic acids is 1. The minimum absolute atomic E-state index is 0.405. The standard InChI is InChI=1S/C46H78O2/c1-3-5-7-9-11-13-15-17-19-21-23-25-27-29-31-33-37-43(41-42-44-39-35-36-40-45(44)46(47)48)38-34-32-30-28-26-24-22-20-18-16-14-12-10-8-6-4-2/h17-20,35-36,39-43H,3-16,21-34,37-38H2,1-2H3,(H,47,48). The Hall–Kier alpha value is -2.09. The maximum Gasteiger partial charge on any atom is 0.336 e. The fourth-order valence-electron chi connectivity index (χ4n) is 6.72. The summed E-state index contributed by atoms with van der Waals surface area (Å²) in [4.78, 5) is 11.7. The zero-order valence-corrected chi connectivity index (χ0v) is 31.9. The Bertz CT molecular complexity index is 884. The van der Waals surface area contributed by atoms with Crippen LogP contribution in [-0.2, 0) is 0 Å². The van der Waals surface area contributed by atoms with Crippen LogP contribution in [0, 0.1) is 5.92 Å². The van der Waals surface area contributed by atoms with Gasteiger partial charge in [-0.15, -0.1) is 0 Å². The minimum Gasteiger partial charge on any atom is -0.478 e. The van der Waals surface area contributed by atoms with E-state index in [0.29, 0.717) is 11.5 Å². The molecule has 2 heteroatoms. The monoisotopic (exact) mass is 663 g/mol. The number of carbonyl (C=O) groups is 1. The molecule has 0 spiro atoms. The largest absolute Gasteiger partial charge is 0.478 e. The van der Waals surface area contributed by atoms with E-state index in [1.54, 1.807) is 6.07 Å². The number of carboxylic acid groups (broad SMARTS) is 1. The summed E-state index contributed by atoms with van der Waals surface area (Å²) in [6.45, 7) is 4.57. The molecule has 0 aliphatic heterocycles. The first kappa shape index (κ1) is 43.9. The first-order valence-corrected chi connectivity index (χ1v) is 21.0. The van der Waals surface area contributed by atoms with Crippen LogP contribution in [0.15, 0.2) is 54.6 Å². The molecule has 0 amide bonds. The molecule has 0 heterocycles. The molecule has 0 saturated heterocycles. The summed E-state index contributed by atoms with van der Waals surface area (Å²) in [6, 6.07) is 7.41. The average molecular weight is 663 g/mol. The van der Waals surface area contributed by atoms with Gasteiger partial charge in [0.1, 0.15) is 0 Å². The zero-order valence-electron chi connectivity index (χ0n) is 31.9. The van der Waals surface area contributed by atoms with Gasteiger partial charge in [0.25, 0.3) is 0 Å². The van der Waals surface area contributed by atoms with Gasteiger partial charge in [0.15, 0.2) is 0 Å². The summed E-state index contributed by atoms with van der Waals surface area (Å²) in [5.74, 6) is -0.297. The molecule has 0 atom stereocenters. The fourth-order valence-corrected chi connectivity index (χ4v) is 6.72. The fraction of sp³-hybridized carbons (Fsp3) is 0.717. The second-order valence-electron chi connectivity index (χ2n) is 14.5. The van der Waals surface area contributed by atoms with Crippen molar-refractivity contribution in [3.63, 3.8) is 0 Å². The van der Waals surface area contributed by atoms with E-state index >= 15 is 0 Å². The predicted molar refractivity (Wildman–Crippen MR) is 214 cm³/mol. The molecular weight excluding hydrogens is 585 g/mol. The van der Waals surface area contributed by atoms with E-state index in [2.05, 4.69) is 50.3 Å². The first-order valence-electron chi connectivity index (χ1n) is 21.0. The van der Waals surface area contributed by atoms with Crippen molar-refractivity contribution in [2.45, 2.75) is 206 Å². The number of unbranched alkanes of at least 4 members (excludes halogenated alkanes) is 24. The van der Waals surface area contributed by atoms with Gasteiger partial charge in [-0.3, -0.25) is 0 Å². The molecule has 1 rings (SSSR count). The van der Waals surface area contributed by atoms with E-state index in [4.69, 9.17) is 0 Å². The highest BCUT2D eigenvalue weighted by Gasteiger charge is 2.09. The molecule has 48 heavy (non-hydrogen) atoms. The summed E-state index contributed by atoms with van der Waals surface area (Å²) in [6.07, 6.45) is 54.1. The number of hydrogen-bond donors (Lipinski definition) is 1. The molecule has 0 radical (unpaired) electrons. The van der Waals surface area contributed by atoms with Crippen LogP contribution < -0.4 is 0 Å². The van der Waals surface area contributed by atoms with E-state index in [9.17, 15) is 9.90 Å². The Kier molecular flexibility index (Phi) is 31.8.